The number of ether oxygens (including phenoxy) is 3. The second-order valence-electron chi connectivity index (χ2n) is 18.8. The molecule has 15 nitrogen and oxygen atoms in total. The standard InChI is InChI=1S/C51H62ClN7O8/c1-30-28-34(29-31(2)44(30)52)66-25-10-15-36-35-12-8-13-37(45(35)57(22-21-56-23-26-65-27-24-56)46(36)50(64)67-51(5,6)7)42-32(3)55-58(33(42)4)20-11-19-53-39-16-9-14-38-43(39)49(63)59(48(38)62)40-17-18-41(60)54-47(40)61/h8-9,12-14,16,28-29,40,47,53,61H,10-11,15,17-27H2,1-7H3,(H,54,60). The number of aliphatic hydroxyl groups excluding tert-OH is 1. The molecule has 2 atom stereocenters. The number of rotatable bonds is 16. The van der Waals surface area contributed by atoms with Crippen LogP contribution in [-0.4, -0.2) is 117 Å². The maximum absolute atomic E-state index is 14.5. The van der Waals surface area contributed by atoms with E-state index in [0.29, 0.717) is 70.1 Å². The van der Waals surface area contributed by atoms with Gasteiger partial charge in [0.05, 0.1) is 48.2 Å². The van der Waals surface area contributed by atoms with Crippen molar-refractivity contribution in [1.29, 1.82) is 0 Å². The summed E-state index contributed by atoms with van der Waals surface area (Å²) in [6.45, 7) is 19.4. The van der Waals surface area contributed by atoms with Gasteiger partial charge in [0.1, 0.15) is 23.3 Å². The molecule has 3 N–H and O–H groups in total. The normalized spacial score (nSPS) is 17.9. The summed E-state index contributed by atoms with van der Waals surface area (Å²) >= 11 is 6.44. The van der Waals surface area contributed by atoms with Crippen molar-refractivity contribution in [3.63, 3.8) is 0 Å². The highest BCUT2D eigenvalue weighted by Gasteiger charge is 2.45. The molecule has 0 bridgehead atoms. The predicted octanol–water partition coefficient (Wildman–Crippen LogP) is 7.39. The minimum absolute atomic E-state index is 0.112. The molecular formula is C51H62ClN7O8. The second-order valence-corrected chi connectivity index (χ2v) is 19.2. The van der Waals surface area contributed by atoms with E-state index < -0.39 is 29.7 Å². The van der Waals surface area contributed by atoms with Gasteiger partial charge in [-0.3, -0.25) is 28.9 Å². The SMILES string of the molecule is Cc1cc(OCCCc2c(C(=O)OC(C)(C)C)n(CCN3CCOCC3)c3c(-c4c(C)nn(CCCNc5cccc6c5C(=O)N(C5CCC(=O)NC5O)C6=O)c4C)cccc23)cc(C)c1Cl. The number of carbonyl (C=O) groups excluding carboxylic acids is 4. The summed E-state index contributed by atoms with van der Waals surface area (Å²) < 4.78 is 22.3. The minimum atomic E-state index is -1.33. The number of aryl methyl sites for hydroxylation is 5. The molecule has 2 saturated heterocycles. The van der Waals surface area contributed by atoms with E-state index in [4.69, 9.17) is 30.9 Å². The van der Waals surface area contributed by atoms with Gasteiger partial charge in [0.2, 0.25) is 5.91 Å². The average molecular weight is 937 g/mol. The lowest BCUT2D eigenvalue weighted by Crippen LogP contribution is -2.57. The number of aliphatic hydroxyl groups is 1. The van der Waals surface area contributed by atoms with Gasteiger partial charge in [-0.1, -0.05) is 35.9 Å². The number of amides is 3. The van der Waals surface area contributed by atoms with Gasteiger partial charge in [-0.05, 0) is 115 Å². The van der Waals surface area contributed by atoms with Gasteiger partial charge in [0, 0.05) is 78.6 Å². The molecule has 5 aromatic rings. The first-order chi connectivity index (χ1) is 32.0. The van der Waals surface area contributed by atoms with E-state index in [1.807, 2.05) is 58.4 Å². The average Bonchev–Trinajstić information content (AvgIpc) is 3.86. The number of esters is 1. The van der Waals surface area contributed by atoms with Crippen molar-refractivity contribution in [2.75, 3.05) is 51.3 Å². The van der Waals surface area contributed by atoms with Crippen molar-refractivity contribution >= 4 is 51.9 Å². The van der Waals surface area contributed by atoms with Crippen molar-refractivity contribution in [2.24, 2.45) is 0 Å². The van der Waals surface area contributed by atoms with Gasteiger partial charge in [-0.15, -0.1) is 0 Å². The van der Waals surface area contributed by atoms with Gasteiger partial charge < -0.3 is 34.5 Å². The molecule has 67 heavy (non-hydrogen) atoms. The zero-order valence-corrected chi connectivity index (χ0v) is 40.3. The van der Waals surface area contributed by atoms with E-state index in [2.05, 4.69) is 45.2 Å². The van der Waals surface area contributed by atoms with Gasteiger partial charge >= 0.3 is 5.97 Å². The summed E-state index contributed by atoms with van der Waals surface area (Å²) in [4.78, 5) is 57.0. The highest BCUT2D eigenvalue weighted by molar-refractivity contribution is 6.32. The molecule has 3 aromatic carbocycles. The van der Waals surface area contributed by atoms with Crippen LogP contribution in [0, 0.1) is 27.7 Å². The maximum Gasteiger partial charge on any atom is 0.355 e. The lowest BCUT2D eigenvalue weighted by molar-refractivity contribution is -0.129. The van der Waals surface area contributed by atoms with Crippen LogP contribution in [0.3, 0.4) is 0 Å². The Morgan fingerprint density at radius 2 is 1.66 bits per heavy atom. The van der Waals surface area contributed by atoms with E-state index in [1.165, 1.54) is 0 Å². The Kier molecular flexibility index (Phi) is 14.1. The number of para-hydroxylation sites is 1. The molecule has 0 spiro atoms. The fourth-order valence-electron chi connectivity index (χ4n) is 9.76. The van der Waals surface area contributed by atoms with Crippen LogP contribution in [0.25, 0.3) is 22.0 Å². The number of aromatic nitrogens is 3. The quantitative estimate of drug-likeness (QED) is 0.0513. The molecule has 0 saturated carbocycles. The largest absolute Gasteiger partial charge is 0.494 e. The number of nitrogens with zero attached hydrogens (tertiary/aromatic N) is 5. The number of morpholine rings is 1. The Labute approximate surface area is 396 Å². The van der Waals surface area contributed by atoms with Crippen LogP contribution in [0.15, 0.2) is 48.5 Å². The number of anilines is 1. The van der Waals surface area contributed by atoms with Gasteiger partial charge in [0.15, 0.2) is 0 Å². The van der Waals surface area contributed by atoms with Gasteiger partial charge in [-0.2, -0.15) is 5.10 Å². The van der Waals surface area contributed by atoms with E-state index in [9.17, 15) is 24.3 Å². The van der Waals surface area contributed by atoms with Crippen molar-refractivity contribution in [2.45, 2.75) is 112 Å². The summed E-state index contributed by atoms with van der Waals surface area (Å²) in [6.07, 6.45) is 0.859. The number of imide groups is 1. The zero-order valence-electron chi connectivity index (χ0n) is 39.6. The number of piperidine rings is 1. The lowest BCUT2D eigenvalue weighted by atomic mass is 9.98. The Morgan fingerprint density at radius 1 is 0.940 bits per heavy atom. The predicted molar refractivity (Wildman–Crippen MR) is 257 cm³/mol. The minimum Gasteiger partial charge on any atom is -0.494 e. The Balaban J connectivity index is 1.07. The molecule has 3 aliphatic rings. The van der Waals surface area contributed by atoms with Crippen LogP contribution in [0.2, 0.25) is 5.02 Å². The van der Waals surface area contributed by atoms with Crippen LogP contribution in [0.5, 0.6) is 5.75 Å². The van der Waals surface area contributed by atoms with Gasteiger partial charge in [-0.25, -0.2) is 4.79 Å². The number of fused-ring (bicyclic) bond motifs is 2. The third kappa shape index (κ3) is 9.97. The van der Waals surface area contributed by atoms with E-state index in [0.717, 1.165) is 85.4 Å². The zero-order chi connectivity index (χ0) is 47.7. The van der Waals surface area contributed by atoms with Crippen molar-refractivity contribution < 1.29 is 38.5 Å². The van der Waals surface area contributed by atoms with Gasteiger partial charge in [0.25, 0.3) is 11.8 Å². The number of hydrogen-bond donors (Lipinski definition) is 3. The first kappa shape index (κ1) is 47.7. The van der Waals surface area contributed by atoms with Crippen molar-refractivity contribution in [3.05, 3.63) is 98.5 Å². The first-order valence-corrected chi connectivity index (χ1v) is 23.7. The molecule has 2 unspecified atom stereocenters. The summed E-state index contributed by atoms with van der Waals surface area (Å²) in [6, 6.07) is 14.5. The lowest BCUT2D eigenvalue weighted by Gasteiger charge is -2.33. The molecule has 356 valence electrons. The topological polar surface area (TPSA) is 169 Å². The molecule has 8 rings (SSSR count). The summed E-state index contributed by atoms with van der Waals surface area (Å²) in [5, 5.41) is 23.1. The number of benzene rings is 3. The molecule has 2 fully saturated rings. The third-order valence-corrected chi connectivity index (χ3v) is 13.5. The van der Waals surface area contributed by atoms with Crippen LogP contribution < -0.4 is 15.4 Å². The summed E-state index contributed by atoms with van der Waals surface area (Å²) in [5.41, 5.74) is 8.50. The maximum atomic E-state index is 14.5. The first-order valence-electron chi connectivity index (χ1n) is 23.4. The smallest absolute Gasteiger partial charge is 0.355 e. The van der Waals surface area contributed by atoms with Crippen LogP contribution >= 0.6 is 11.6 Å². The van der Waals surface area contributed by atoms with E-state index in [-0.39, 0.29) is 35.8 Å². The molecule has 0 radical (unpaired) electrons. The van der Waals surface area contributed by atoms with Crippen LogP contribution in [-0.2, 0) is 33.8 Å². The fourth-order valence-corrected chi connectivity index (χ4v) is 9.87. The fraction of sp³-hybridized carbons (Fsp3) is 0.471. The monoisotopic (exact) mass is 935 g/mol. The number of hydrogen-bond acceptors (Lipinski definition) is 11. The number of carbonyl (C=O) groups is 4. The Hall–Kier alpha value is -5.74. The molecule has 2 aromatic heterocycles. The summed E-state index contributed by atoms with van der Waals surface area (Å²) in [7, 11) is 0. The number of halogens is 1. The Bertz CT molecular complexity index is 2690. The molecule has 0 aliphatic carbocycles. The molecule has 3 aliphatic heterocycles. The van der Waals surface area contributed by atoms with Crippen LogP contribution in [0.1, 0.15) is 106 Å². The molecular weight excluding hydrogens is 874 g/mol. The van der Waals surface area contributed by atoms with Crippen LogP contribution in [0.4, 0.5) is 5.69 Å². The second kappa shape index (κ2) is 19.8. The third-order valence-electron chi connectivity index (χ3n) is 12.9. The number of nitrogens with one attached hydrogen (secondary N) is 2. The molecule has 5 heterocycles. The Morgan fingerprint density at radius 3 is 2.37 bits per heavy atom. The van der Waals surface area contributed by atoms with E-state index in [1.54, 1.807) is 18.2 Å². The molecule has 3 amide bonds. The summed E-state index contributed by atoms with van der Waals surface area (Å²) in [5.74, 6) is -0.906. The highest BCUT2D eigenvalue weighted by atomic mass is 35.5. The van der Waals surface area contributed by atoms with Crippen molar-refractivity contribution in [1.82, 2.24) is 29.5 Å². The van der Waals surface area contributed by atoms with E-state index >= 15 is 0 Å². The van der Waals surface area contributed by atoms with Crippen molar-refractivity contribution in [3.8, 4) is 16.9 Å². The molecule has 16 heteroatoms. The highest BCUT2D eigenvalue weighted by Crippen LogP contribution is 2.39.